The Morgan fingerprint density at radius 2 is 1.86 bits per heavy atom. The number of Topliss-reactive ketones (excluding diaryl/α,β-unsaturated/α-hetero) is 1. The zero-order valence-electron chi connectivity index (χ0n) is 21.9. The maximum atomic E-state index is 13.3. The zero-order chi connectivity index (χ0) is 27.1. The second-order valence-corrected chi connectivity index (χ2v) is 9.05. The molecule has 0 aromatic heterocycles. The highest BCUT2D eigenvalue weighted by Crippen LogP contribution is 2.40. The predicted molar refractivity (Wildman–Crippen MR) is 141 cm³/mol. The van der Waals surface area contributed by atoms with Crippen molar-refractivity contribution >= 4 is 23.1 Å². The second-order valence-electron chi connectivity index (χ2n) is 9.05. The molecule has 3 rings (SSSR count). The standard InChI is InChI=1S/C28H35N3O6/c1-5-8-16-37-23-13-12-21(17-19(23)4)26(32)24-25(20-10-9-11-22(18-20)31(35)36)30(28(34)27(24)33)15-14-29(6-2)7-3/h9-13,17-18,25,32H,5-8,14-16H2,1-4H3/t25-/m0/s1. The summed E-state index contributed by atoms with van der Waals surface area (Å²) in [5.41, 5.74) is 1.31. The van der Waals surface area contributed by atoms with Crippen LogP contribution in [-0.4, -0.2) is 64.3 Å². The van der Waals surface area contributed by atoms with E-state index < -0.39 is 22.7 Å². The minimum Gasteiger partial charge on any atom is -0.507 e. The number of ether oxygens (including phenoxy) is 1. The Labute approximate surface area is 217 Å². The average molecular weight is 510 g/mol. The highest BCUT2D eigenvalue weighted by molar-refractivity contribution is 6.46. The van der Waals surface area contributed by atoms with Crippen LogP contribution >= 0.6 is 0 Å². The smallest absolute Gasteiger partial charge is 0.295 e. The molecular formula is C28H35N3O6. The zero-order valence-corrected chi connectivity index (χ0v) is 21.9. The first kappa shape index (κ1) is 27.9. The first-order valence-corrected chi connectivity index (χ1v) is 12.7. The number of nitro benzene ring substituents is 1. The number of nitro groups is 1. The van der Waals surface area contributed by atoms with Crippen molar-refractivity contribution in [2.45, 2.75) is 46.6 Å². The number of carbonyl (C=O) groups is 2. The van der Waals surface area contributed by atoms with Crippen molar-refractivity contribution in [1.82, 2.24) is 9.80 Å². The fraction of sp³-hybridized carbons (Fsp3) is 0.429. The largest absolute Gasteiger partial charge is 0.507 e. The van der Waals surface area contributed by atoms with Gasteiger partial charge >= 0.3 is 0 Å². The molecule has 1 saturated heterocycles. The molecule has 1 atom stereocenters. The third-order valence-electron chi connectivity index (χ3n) is 6.69. The number of hydrogen-bond acceptors (Lipinski definition) is 7. The number of carbonyl (C=O) groups excluding carboxylic acids is 2. The topological polar surface area (TPSA) is 113 Å². The predicted octanol–water partition coefficient (Wildman–Crippen LogP) is 4.85. The Morgan fingerprint density at radius 3 is 2.49 bits per heavy atom. The number of benzene rings is 2. The Morgan fingerprint density at radius 1 is 1.14 bits per heavy atom. The summed E-state index contributed by atoms with van der Waals surface area (Å²) in [6.07, 6.45) is 1.92. The van der Waals surface area contributed by atoms with E-state index in [1.165, 1.54) is 23.1 Å². The van der Waals surface area contributed by atoms with E-state index in [4.69, 9.17) is 4.74 Å². The number of likely N-dealkylation sites (N-methyl/N-ethyl adjacent to an activating group) is 1. The van der Waals surface area contributed by atoms with Crippen molar-refractivity contribution in [3.05, 3.63) is 74.8 Å². The molecule has 1 N–H and O–H groups in total. The van der Waals surface area contributed by atoms with Crippen LogP contribution in [0.3, 0.4) is 0 Å². The average Bonchev–Trinajstić information content (AvgIpc) is 3.15. The maximum Gasteiger partial charge on any atom is 0.295 e. The van der Waals surface area contributed by atoms with Gasteiger partial charge in [0, 0.05) is 30.8 Å². The molecular weight excluding hydrogens is 474 g/mol. The van der Waals surface area contributed by atoms with Gasteiger partial charge in [0.1, 0.15) is 11.5 Å². The molecule has 0 saturated carbocycles. The van der Waals surface area contributed by atoms with Crippen LogP contribution in [0.5, 0.6) is 5.75 Å². The van der Waals surface area contributed by atoms with Crippen LogP contribution in [-0.2, 0) is 9.59 Å². The van der Waals surface area contributed by atoms with E-state index in [0.717, 1.165) is 31.5 Å². The van der Waals surface area contributed by atoms with Crippen LogP contribution in [0.4, 0.5) is 5.69 Å². The quantitative estimate of drug-likeness (QED) is 0.109. The molecule has 1 aliphatic heterocycles. The van der Waals surface area contributed by atoms with E-state index >= 15 is 0 Å². The van der Waals surface area contributed by atoms with Crippen molar-refractivity contribution < 1.29 is 24.4 Å². The Hall–Kier alpha value is -3.72. The van der Waals surface area contributed by atoms with Crippen LogP contribution in [0, 0.1) is 17.0 Å². The third kappa shape index (κ3) is 6.17. The molecule has 37 heavy (non-hydrogen) atoms. The summed E-state index contributed by atoms with van der Waals surface area (Å²) in [7, 11) is 0. The van der Waals surface area contributed by atoms with Gasteiger partial charge in [0.2, 0.25) is 0 Å². The number of aliphatic hydroxyl groups excluding tert-OH is 1. The van der Waals surface area contributed by atoms with Gasteiger partial charge in [0.05, 0.1) is 23.1 Å². The maximum absolute atomic E-state index is 13.3. The Balaban J connectivity index is 2.09. The van der Waals surface area contributed by atoms with Gasteiger partial charge in [-0.05, 0) is 55.8 Å². The highest BCUT2D eigenvalue weighted by Gasteiger charge is 2.46. The lowest BCUT2D eigenvalue weighted by Crippen LogP contribution is -2.38. The van der Waals surface area contributed by atoms with Gasteiger partial charge in [-0.3, -0.25) is 19.7 Å². The van der Waals surface area contributed by atoms with Crippen LogP contribution < -0.4 is 4.74 Å². The van der Waals surface area contributed by atoms with Gasteiger partial charge in [-0.2, -0.15) is 0 Å². The fourth-order valence-electron chi connectivity index (χ4n) is 4.50. The van der Waals surface area contributed by atoms with E-state index in [0.29, 0.717) is 30.0 Å². The number of likely N-dealkylation sites (tertiary alicyclic amines) is 1. The van der Waals surface area contributed by atoms with Crippen LogP contribution in [0.2, 0.25) is 0 Å². The van der Waals surface area contributed by atoms with Gasteiger partial charge in [0.15, 0.2) is 0 Å². The molecule has 198 valence electrons. The molecule has 1 amide bonds. The summed E-state index contributed by atoms with van der Waals surface area (Å²) in [6, 6.07) is 10.0. The van der Waals surface area contributed by atoms with E-state index in [2.05, 4.69) is 11.8 Å². The summed E-state index contributed by atoms with van der Waals surface area (Å²) in [5, 5.41) is 22.8. The lowest BCUT2D eigenvalue weighted by molar-refractivity contribution is -0.384. The number of non-ortho nitro benzene ring substituents is 1. The van der Waals surface area contributed by atoms with Crippen molar-refractivity contribution in [2.75, 3.05) is 32.8 Å². The van der Waals surface area contributed by atoms with Gasteiger partial charge in [-0.15, -0.1) is 0 Å². The first-order chi connectivity index (χ1) is 17.7. The third-order valence-corrected chi connectivity index (χ3v) is 6.69. The van der Waals surface area contributed by atoms with Crippen molar-refractivity contribution in [3.8, 4) is 5.75 Å². The van der Waals surface area contributed by atoms with Crippen molar-refractivity contribution in [2.24, 2.45) is 0 Å². The van der Waals surface area contributed by atoms with Gasteiger partial charge in [0.25, 0.3) is 17.4 Å². The fourth-order valence-corrected chi connectivity index (χ4v) is 4.50. The van der Waals surface area contributed by atoms with Crippen LogP contribution in [0.25, 0.3) is 5.76 Å². The molecule has 0 unspecified atom stereocenters. The summed E-state index contributed by atoms with van der Waals surface area (Å²) < 4.78 is 5.80. The molecule has 1 fully saturated rings. The normalized spacial score (nSPS) is 17.0. The SMILES string of the molecule is CCCCOc1ccc(C(O)=C2C(=O)C(=O)N(CCN(CC)CC)[C@H]2c2cccc([N+](=O)[O-])c2)cc1C. The molecule has 1 aliphatic rings. The van der Waals surface area contributed by atoms with Gasteiger partial charge < -0.3 is 19.6 Å². The number of hydrogen-bond donors (Lipinski definition) is 1. The minimum atomic E-state index is -0.948. The lowest BCUT2D eigenvalue weighted by atomic mass is 9.94. The van der Waals surface area contributed by atoms with E-state index in [1.54, 1.807) is 24.3 Å². The van der Waals surface area contributed by atoms with E-state index in [1.807, 2.05) is 20.8 Å². The molecule has 9 heteroatoms. The summed E-state index contributed by atoms with van der Waals surface area (Å²) in [5.74, 6) is -1.18. The summed E-state index contributed by atoms with van der Waals surface area (Å²) in [6.45, 7) is 10.8. The summed E-state index contributed by atoms with van der Waals surface area (Å²) in [4.78, 5) is 40.9. The van der Waals surface area contributed by atoms with E-state index in [9.17, 15) is 24.8 Å². The summed E-state index contributed by atoms with van der Waals surface area (Å²) >= 11 is 0. The molecule has 2 aromatic rings. The first-order valence-electron chi connectivity index (χ1n) is 12.7. The second kappa shape index (κ2) is 12.5. The molecule has 9 nitrogen and oxygen atoms in total. The number of rotatable bonds is 12. The molecule has 0 spiro atoms. The highest BCUT2D eigenvalue weighted by atomic mass is 16.6. The number of nitrogens with zero attached hydrogens (tertiary/aromatic N) is 3. The molecule has 0 aliphatic carbocycles. The number of ketones is 1. The Kier molecular flexibility index (Phi) is 9.41. The molecule has 0 bridgehead atoms. The Bertz CT molecular complexity index is 1190. The van der Waals surface area contributed by atoms with Crippen molar-refractivity contribution in [3.63, 3.8) is 0 Å². The minimum absolute atomic E-state index is 0.0795. The molecule has 0 radical (unpaired) electrons. The van der Waals surface area contributed by atoms with Crippen molar-refractivity contribution in [1.29, 1.82) is 0 Å². The lowest BCUT2D eigenvalue weighted by Gasteiger charge is -2.28. The van der Waals surface area contributed by atoms with E-state index in [-0.39, 0.29) is 23.6 Å². The monoisotopic (exact) mass is 509 g/mol. The number of amides is 1. The number of aliphatic hydroxyl groups is 1. The number of unbranched alkanes of at least 4 members (excludes halogenated alkanes) is 1. The molecule has 2 aromatic carbocycles. The molecule has 1 heterocycles. The van der Waals surface area contributed by atoms with Gasteiger partial charge in [-0.1, -0.05) is 39.3 Å². The van der Waals surface area contributed by atoms with Crippen LogP contribution in [0.15, 0.2) is 48.0 Å². The number of aryl methyl sites for hydroxylation is 1. The van der Waals surface area contributed by atoms with Crippen LogP contribution in [0.1, 0.15) is 56.3 Å². The van der Waals surface area contributed by atoms with Gasteiger partial charge in [-0.25, -0.2) is 0 Å².